The van der Waals surface area contributed by atoms with Gasteiger partial charge in [0.25, 0.3) is 0 Å². The zero-order valence-corrected chi connectivity index (χ0v) is 12.7. The van der Waals surface area contributed by atoms with Crippen LogP contribution in [-0.4, -0.2) is 21.6 Å². The number of amides is 2. The number of para-hydroxylation sites is 1. The highest BCUT2D eigenvalue weighted by molar-refractivity contribution is 5.74. The van der Waals surface area contributed by atoms with E-state index in [0.717, 1.165) is 11.3 Å². The minimum Gasteiger partial charge on any atom is -0.335 e. The Hall–Kier alpha value is -2.30. The number of aromatic nitrogens is 2. The normalized spacial score (nSPS) is 12.2. The molecule has 2 N–H and O–H groups in total. The van der Waals surface area contributed by atoms with E-state index in [9.17, 15) is 4.79 Å². The van der Waals surface area contributed by atoms with Crippen LogP contribution in [0.2, 0.25) is 0 Å². The zero-order chi connectivity index (χ0) is 15.2. The van der Waals surface area contributed by atoms with E-state index in [2.05, 4.69) is 29.5 Å². The molecule has 1 atom stereocenters. The number of nitrogens with one attached hydrogen (secondary N) is 2. The Morgan fingerprint density at radius 2 is 2.05 bits per heavy atom. The number of benzene rings is 1. The number of hydrogen-bond acceptors (Lipinski definition) is 2. The van der Waals surface area contributed by atoms with Crippen molar-refractivity contribution < 1.29 is 4.79 Å². The summed E-state index contributed by atoms with van der Waals surface area (Å²) in [7, 11) is 0. The van der Waals surface area contributed by atoms with Gasteiger partial charge in [-0.15, -0.1) is 0 Å². The zero-order valence-electron chi connectivity index (χ0n) is 12.7. The van der Waals surface area contributed by atoms with Crippen LogP contribution < -0.4 is 10.6 Å². The van der Waals surface area contributed by atoms with Crippen molar-refractivity contribution >= 4 is 6.03 Å². The Balaban J connectivity index is 1.99. The Morgan fingerprint density at radius 1 is 1.29 bits per heavy atom. The topological polar surface area (TPSA) is 59.0 Å². The number of carbonyl (C=O) groups is 1. The van der Waals surface area contributed by atoms with E-state index in [1.54, 1.807) is 12.5 Å². The van der Waals surface area contributed by atoms with Gasteiger partial charge in [-0.1, -0.05) is 32.0 Å². The molecule has 2 amide bonds. The second kappa shape index (κ2) is 6.92. The summed E-state index contributed by atoms with van der Waals surface area (Å²) in [5.41, 5.74) is 2.06. The van der Waals surface area contributed by atoms with Gasteiger partial charge in [-0.3, -0.25) is 0 Å². The Morgan fingerprint density at radius 3 is 2.71 bits per heavy atom. The molecule has 2 rings (SSSR count). The van der Waals surface area contributed by atoms with Crippen molar-refractivity contribution in [1.82, 2.24) is 20.2 Å². The van der Waals surface area contributed by atoms with E-state index in [0.29, 0.717) is 12.5 Å². The predicted octanol–water partition coefficient (Wildman–Crippen LogP) is 2.72. The highest BCUT2D eigenvalue weighted by Gasteiger charge is 2.11. The lowest BCUT2D eigenvalue weighted by molar-refractivity contribution is 0.234. The third kappa shape index (κ3) is 4.08. The maximum Gasteiger partial charge on any atom is 0.315 e. The largest absolute Gasteiger partial charge is 0.335 e. The summed E-state index contributed by atoms with van der Waals surface area (Å²) >= 11 is 0. The molecule has 5 heteroatoms. The van der Waals surface area contributed by atoms with Crippen molar-refractivity contribution in [2.24, 2.45) is 5.92 Å². The molecular formula is C16H22N4O. The van der Waals surface area contributed by atoms with Gasteiger partial charge >= 0.3 is 6.03 Å². The molecule has 0 spiro atoms. The lowest BCUT2D eigenvalue weighted by atomic mass is 10.1. The van der Waals surface area contributed by atoms with Gasteiger partial charge in [-0.25, -0.2) is 9.78 Å². The molecule has 0 fully saturated rings. The molecule has 0 saturated carbocycles. The number of urea groups is 1. The number of nitrogens with zero attached hydrogens (tertiary/aromatic N) is 2. The monoisotopic (exact) mass is 286 g/mol. The maximum atomic E-state index is 11.9. The first kappa shape index (κ1) is 15.1. The summed E-state index contributed by atoms with van der Waals surface area (Å²) in [5, 5.41) is 5.84. The van der Waals surface area contributed by atoms with Gasteiger partial charge in [0.15, 0.2) is 0 Å². The van der Waals surface area contributed by atoms with Crippen molar-refractivity contribution in [3.63, 3.8) is 0 Å². The number of rotatable bonds is 5. The van der Waals surface area contributed by atoms with Crippen LogP contribution in [-0.2, 0) is 6.54 Å². The van der Waals surface area contributed by atoms with Crippen molar-refractivity contribution in [2.45, 2.75) is 33.4 Å². The third-order valence-corrected chi connectivity index (χ3v) is 3.57. The van der Waals surface area contributed by atoms with Crippen molar-refractivity contribution in [3.05, 3.63) is 48.5 Å². The number of carbonyl (C=O) groups excluding carboxylic acids is 1. The van der Waals surface area contributed by atoms with Crippen LogP contribution in [0.25, 0.3) is 5.69 Å². The Bertz CT molecular complexity index is 578. The number of imidazole rings is 1. The van der Waals surface area contributed by atoms with Crippen molar-refractivity contribution in [3.8, 4) is 5.69 Å². The standard InChI is InChI=1S/C16H22N4O/c1-12(2)13(3)19-16(21)18-10-14-6-4-5-7-15(14)20-9-8-17-11-20/h4-9,11-13H,10H2,1-3H3,(H2,18,19,21). The molecule has 0 radical (unpaired) electrons. The smallest absolute Gasteiger partial charge is 0.315 e. The molecule has 0 bridgehead atoms. The van der Waals surface area contributed by atoms with E-state index in [4.69, 9.17) is 0 Å². The molecule has 1 unspecified atom stereocenters. The predicted molar refractivity (Wildman–Crippen MR) is 83.2 cm³/mol. The summed E-state index contributed by atoms with van der Waals surface area (Å²) in [6, 6.07) is 7.95. The van der Waals surface area contributed by atoms with Gasteiger partial charge in [0.2, 0.25) is 0 Å². The molecule has 2 aromatic rings. The van der Waals surface area contributed by atoms with Gasteiger partial charge in [-0.05, 0) is 24.5 Å². The summed E-state index contributed by atoms with van der Waals surface area (Å²) in [5.74, 6) is 0.411. The van der Waals surface area contributed by atoms with Crippen LogP contribution in [0.4, 0.5) is 4.79 Å². The number of hydrogen-bond donors (Lipinski definition) is 2. The van der Waals surface area contributed by atoms with Gasteiger partial charge in [0, 0.05) is 25.0 Å². The van der Waals surface area contributed by atoms with Crippen LogP contribution in [0, 0.1) is 5.92 Å². The van der Waals surface area contributed by atoms with Gasteiger partial charge in [-0.2, -0.15) is 0 Å². The van der Waals surface area contributed by atoms with E-state index < -0.39 is 0 Å². The SMILES string of the molecule is CC(C)C(C)NC(=O)NCc1ccccc1-n1ccnc1. The van der Waals surface area contributed by atoms with E-state index in [1.807, 2.05) is 42.0 Å². The molecular weight excluding hydrogens is 264 g/mol. The first-order valence-corrected chi connectivity index (χ1v) is 7.18. The summed E-state index contributed by atoms with van der Waals surface area (Å²) in [4.78, 5) is 15.9. The fraction of sp³-hybridized carbons (Fsp3) is 0.375. The van der Waals surface area contributed by atoms with Crippen LogP contribution in [0.3, 0.4) is 0 Å². The Kier molecular flexibility index (Phi) is 4.98. The molecule has 0 aliphatic carbocycles. The molecule has 21 heavy (non-hydrogen) atoms. The van der Waals surface area contributed by atoms with Gasteiger partial charge in [0.05, 0.1) is 12.0 Å². The second-order valence-electron chi connectivity index (χ2n) is 5.46. The van der Waals surface area contributed by atoms with Crippen molar-refractivity contribution in [2.75, 3.05) is 0 Å². The fourth-order valence-electron chi connectivity index (χ4n) is 1.91. The van der Waals surface area contributed by atoms with Gasteiger partial charge in [0.1, 0.15) is 0 Å². The first-order valence-electron chi connectivity index (χ1n) is 7.18. The maximum absolute atomic E-state index is 11.9. The minimum absolute atomic E-state index is 0.142. The average Bonchev–Trinajstić information content (AvgIpc) is 2.99. The third-order valence-electron chi connectivity index (χ3n) is 3.57. The summed E-state index contributed by atoms with van der Waals surface area (Å²) in [6.07, 6.45) is 5.38. The van der Waals surface area contributed by atoms with Gasteiger partial charge < -0.3 is 15.2 Å². The molecule has 1 aromatic carbocycles. The highest BCUT2D eigenvalue weighted by atomic mass is 16.2. The summed E-state index contributed by atoms with van der Waals surface area (Å²) < 4.78 is 1.94. The second-order valence-corrected chi connectivity index (χ2v) is 5.46. The summed E-state index contributed by atoms with van der Waals surface area (Å²) in [6.45, 7) is 6.65. The highest BCUT2D eigenvalue weighted by Crippen LogP contribution is 2.13. The molecule has 0 aliphatic rings. The van der Waals surface area contributed by atoms with Crippen LogP contribution >= 0.6 is 0 Å². The van der Waals surface area contributed by atoms with Crippen LogP contribution in [0.1, 0.15) is 26.3 Å². The first-order chi connectivity index (χ1) is 10.1. The Labute approximate surface area is 125 Å². The van der Waals surface area contributed by atoms with E-state index in [1.165, 1.54) is 0 Å². The minimum atomic E-state index is -0.142. The molecule has 1 heterocycles. The fourth-order valence-corrected chi connectivity index (χ4v) is 1.91. The molecule has 0 saturated heterocycles. The molecule has 1 aromatic heterocycles. The average molecular weight is 286 g/mol. The molecule has 0 aliphatic heterocycles. The quantitative estimate of drug-likeness (QED) is 0.888. The lowest BCUT2D eigenvalue weighted by Crippen LogP contribution is -2.42. The van der Waals surface area contributed by atoms with Crippen LogP contribution in [0.5, 0.6) is 0 Å². The van der Waals surface area contributed by atoms with E-state index >= 15 is 0 Å². The van der Waals surface area contributed by atoms with E-state index in [-0.39, 0.29) is 12.1 Å². The lowest BCUT2D eigenvalue weighted by Gasteiger charge is -2.18. The molecule has 112 valence electrons. The van der Waals surface area contributed by atoms with Crippen LogP contribution in [0.15, 0.2) is 43.0 Å². The van der Waals surface area contributed by atoms with Crippen molar-refractivity contribution in [1.29, 1.82) is 0 Å². The molecule has 5 nitrogen and oxygen atoms in total.